The molecular formula is C12H15F3N2O2S. The van der Waals surface area contributed by atoms with Crippen LogP contribution in [0.4, 0.5) is 13.2 Å². The smallest absolute Gasteiger partial charge is 0.435 e. The number of aliphatic carboxylic acids is 1. The third kappa shape index (κ3) is 3.11. The Morgan fingerprint density at radius 1 is 1.55 bits per heavy atom. The van der Waals surface area contributed by atoms with Gasteiger partial charge in [-0.3, -0.25) is 9.48 Å². The lowest BCUT2D eigenvalue weighted by molar-refractivity contribution is -0.142. The van der Waals surface area contributed by atoms with E-state index >= 15 is 0 Å². The summed E-state index contributed by atoms with van der Waals surface area (Å²) < 4.78 is 40.1. The summed E-state index contributed by atoms with van der Waals surface area (Å²) in [5.74, 6) is -1.00. The first kappa shape index (κ1) is 15.2. The summed E-state index contributed by atoms with van der Waals surface area (Å²) in [7, 11) is 0. The Morgan fingerprint density at radius 2 is 2.15 bits per heavy atom. The number of hydrogen-bond acceptors (Lipinski definition) is 3. The maximum absolute atomic E-state index is 12.9. The zero-order valence-electron chi connectivity index (χ0n) is 11.1. The molecule has 0 bridgehead atoms. The van der Waals surface area contributed by atoms with Gasteiger partial charge in [-0.05, 0) is 32.6 Å². The fourth-order valence-electron chi connectivity index (χ4n) is 2.13. The Labute approximate surface area is 118 Å². The summed E-state index contributed by atoms with van der Waals surface area (Å²) in [5, 5.41) is 12.7. The van der Waals surface area contributed by atoms with Crippen molar-refractivity contribution >= 4 is 17.7 Å². The molecule has 20 heavy (non-hydrogen) atoms. The number of carboxylic acid groups (broad SMARTS) is 1. The Balaban J connectivity index is 2.38. The third-order valence-corrected chi connectivity index (χ3v) is 4.54. The standard InChI is InChI=1S/C12H15F3N2O2S/c1-6-10(12(13,14)15)16-17(7(2)8-3-4-8)11(6)20-5-9(18)19/h7-8H,3-5H2,1-2H3,(H,18,19). The number of carboxylic acids is 1. The van der Waals surface area contributed by atoms with Crippen molar-refractivity contribution in [2.45, 2.75) is 43.9 Å². The Bertz CT molecular complexity index is 524. The van der Waals surface area contributed by atoms with Gasteiger partial charge in [0.15, 0.2) is 5.69 Å². The fourth-order valence-corrected chi connectivity index (χ4v) is 3.04. The Kier molecular flexibility index (Phi) is 4.04. The molecule has 1 unspecified atom stereocenters. The molecule has 1 aliphatic carbocycles. The van der Waals surface area contributed by atoms with E-state index in [2.05, 4.69) is 5.10 Å². The molecule has 0 amide bonds. The summed E-state index contributed by atoms with van der Waals surface area (Å²) in [6.45, 7) is 3.17. The van der Waals surface area contributed by atoms with E-state index in [0.29, 0.717) is 10.9 Å². The van der Waals surface area contributed by atoms with Gasteiger partial charge in [0.1, 0.15) is 0 Å². The van der Waals surface area contributed by atoms with Gasteiger partial charge in [-0.25, -0.2) is 0 Å². The van der Waals surface area contributed by atoms with Crippen LogP contribution in [-0.2, 0) is 11.0 Å². The van der Waals surface area contributed by atoms with Crippen LogP contribution in [0, 0.1) is 12.8 Å². The van der Waals surface area contributed by atoms with Crippen LogP contribution in [0.25, 0.3) is 0 Å². The maximum Gasteiger partial charge on any atom is 0.435 e. The second-order valence-corrected chi connectivity index (χ2v) is 5.95. The van der Waals surface area contributed by atoms with Gasteiger partial charge in [0, 0.05) is 5.56 Å². The van der Waals surface area contributed by atoms with Crippen molar-refractivity contribution in [1.29, 1.82) is 0 Å². The number of thioether (sulfide) groups is 1. The van der Waals surface area contributed by atoms with E-state index < -0.39 is 17.8 Å². The van der Waals surface area contributed by atoms with Crippen LogP contribution >= 0.6 is 11.8 Å². The largest absolute Gasteiger partial charge is 0.481 e. The molecule has 1 atom stereocenters. The zero-order valence-corrected chi connectivity index (χ0v) is 11.9. The van der Waals surface area contributed by atoms with E-state index in [1.165, 1.54) is 11.6 Å². The van der Waals surface area contributed by atoms with Crippen LogP contribution in [0.5, 0.6) is 0 Å². The first-order chi connectivity index (χ1) is 9.21. The van der Waals surface area contributed by atoms with Crippen LogP contribution in [0.3, 0.4) is 0 Å². The Morgan fingerprint density at radius 3 is 2.60 bits per heavy atom. The summed E-state index contributed by atoms with van der Waals surface area (Å²) in [6, 6.07) is -0.138. The maximum atomic E-state index is 12.9. The first-order valence-corrected chi connectivity index (χ1v) is 7.21. The van der Waals surface area contributed by atoms with E-state index in [1.807, 2.05) is 6.92 Å². The first-order valence-electron chi connectivity index (χ1n) is 6.22. The monoisotopic (exact) mass is 308 g/mol. The van der Waals surface area contributed by atoms with Gasteiger partial charge in [0.2, 0.25) is 0 Å². The SMILES string of the molecule is Cc1c(C(F)(F)F)nn(C(C)C2CC2)c1SCC(=O)O. The number of carbonyl (C=O) groups is 1. The number of alkyl halides is 3. The second kappa shape index (κ2) is 5.31. The quantitative estimate of drug-likeness (QED) is 0.848. The fraction of sp³-hybridized carbons (Fsp3) is 0.667. The van der Waals surface area contributed by atoms with Crippen molar-refractivity contribution in [3.8, 4) is 0 Å². The zero-order chi connectivity index (χ0) is 15.1. The van der Waals surface area contributed by atoms with Crippen LogP contribution < -0.4 is 0 Å². The molecular weight excluding hydrogens is 293 g/mol. The van der Waals surface area contributed by atoms with Crippen molar-refractivity contribution in [3.05, 3.63) is 11.3 Å². The highest BCUT2D eigenvalue weighted by Crippen LogP contribution is 2.43. The van der Waals surface area contributed by atoms with Gasteiger partial charge in [0.05, 0.1) is 16.8 Å². The highest BCUT2D eigenvalue weighted by molar-refractivity contribution is 7.99. The van der Waals surface area contributed by atoms with Gasteiger partial charge in [0.25, 0.3) is 0 Å². The second-order valence-electron chi connectivity index (χ2n) is 4.98. The molecule has 1 heterocycles. The minimum absolute atomic E-state index is 0.0104. The normalized spacial score (nSPS) is 17.2. The molecule has 0 aliphatic heterocycles. The van der Waals surface area contributed by atoms with Gasteiger partial charge >= 0.3 is 12.1 Å². The van der Waals surface area contributed by atoms with Crippen molar-refractivity contribution in [2.24, 2.45) is 5.92 Å². The highest BCUT2D eigenvalue weighted by Gasteiger charge is 2.40. The van der Waals surface area contributed by atoms with Gasteiger partial charge in [-0.2, -0.15) is 18.3 Å². The molecule has 0 radical (unpaired) electrons. The van der Waals surface area contributed by atoms with Gasteiger partial charge < -0.3 is 5.11 Å². The van der Waals surface area contributed by atoms with E-state index in [1.54, 1.807) is 0 Å². The van der Waals surface area contributed by atoms with E-state index in [-0.39, 0.29) is 17.4 Å². The molecule has 1 aromatic rings. The number of halogens is 3. The summed E-state index contributed by atoms with van der Waals surface area (Å²) >= 11 is 0.893. The molecule has 8 heteroatoms. The molecule has 2 rings (SSSR count). The molecule has 1 saturated carbocycles. The molecule has 4 nitrogen and oxygen atoms in total. The van der Waals surface area contributed by atoms with E-state index in [9.17, 15) is 18.0 Å². The highest BCUT2D eigenvalue weighted by atomic mass is 32.2. The molecule has 1 aromatic heterocycles. The predicted molar refractivity (Wildman–Crippen MR) is 67.8 cm³/mol. The lowest BCUT2D eigenvalue weighted by Gasteiger charge is -2.14. The van der Waals surface area contributed by atoms with Crippen molar-refractivity contribution < 1.29 is 23.1 Å². The molecule has 1 aliphatic rings. The van der Waals surface area contributed by atoms with Crippen molar-refractivity contribution in [3.63, 3.8) is 0 Å². The summed E-state index contributed by atoms with van der Waals surface area (Å²) in [6.07, 6.45) is -2.56. The Hall–Kier alpha value is -1.18. The average Bonchev–Trinajstić information content (AvgIpc) is 3.09. The lowest BCUT2D eigenvalue weighted by atomic mass is 10.2. The number of nitrogens with zero attached hydrogens (tertiary/aromatic N) is 2. The van der Waals surface area contributed by atoms with Crippen molar-refractivity contribution in [2.75, 3.05) is 5.75 Å². The number of hydrogen-bond donors (Lipinski definition) is 1. The van der Waals surface area contributed by atoms with Crippen LogP contribution in [-0.4, -0.2) is 26.6 Å². The molecule has 1 N–H and O–H groups in total. The van der Waals surface area contributed by atoms with E-state index in [0.717, 1.165) is 24.6 Å². The third-order valence-electron chi connectivity index (χ3n) is 3.38. The number of aromatic nitrogens is 2. The van der Waals surface area contributed by atoms with Crippen molar-refractivity contribution in [1.82, 2.24) is 9.78 Å². The molecule has 0 saturated heterocycles. The van der Waals surface area contributed by atoms with Crippen LogP contribution in [0.15, 0.2) is 5.03 Å². The summed E-state index contributed by atoms with van der Waals surface area (Å²) in [5.41, 5.74) is -0.908. The topological polar surface area (TPSA) is 55.1 Å². The van der Waals surface area contributed by atoms with Crippen LogP contribution in [0.1, 0.15) is 37.1 Å². The average molecular weight is 308 g/mol. The summed E-state index contributed by atoms with van der Waals surface area (Å²) in [4.78, 5) is 10.6. The molecule has 112 valence electrons. The molecule has 0 spiro atoms. The number of rotatable bonds is 5. The van der Waals surface area contributed by atoms with Gasteiger partial charge in [-0.15, -0.1) is 0 Å². The molecule has 1 fully saturated rings. The van der Waals surface area contributed by atoms with E-state index in [4.69, 9.17) is 5.11 Å². The molecule has 0 aromatic carbocycles. The van der Waals surface area contributed by atoms with Crippen LogP contribution in [0.2, 0.25) is 0 Å². The minimum atomic E-state index is -4.52. The predicted octanol–water partition coefficient (Wildman–Crippen LogP) is 3.36. The van der Waals surface area contributed by atoms with Gasteiger partial charge in [-0.1, -0.05) is 11.8 Å². The lowest BCUT2D eigenvalue weighted by Crippen LogP contribution is -2.13. The minimum Gasteiger partial charge on any atom is -0.481 e.